The van der Waals surface area contributed by atoms with Gasteiger partial charge in [-0.1, -0.05) is 6.92 Å². The number of amides is 4. The summed E-state index contributed by atoms with van der Waals surface area (Å²) >= 11 is 0.646. The number of fused-ring (bicyclic) bond motifs is 1. The van der Waals surface area contributed by atoms with Gasteiger partial charge in [-0.3, -0.25) is 19.2 Å². The first-order valence-corrected chi connectivity index (χ1v) is 13.9. The van der Waals surface area contributed by atoms with E-state index in [1.54, 1.807) is 0 Å². The Balaban J connectivity index is 1.79. The third-order valence-electron chi connectivity index (χ3n) is 5.87. The summed E-state index contributed by atoms with van der Waals surface area (Å²) in [5.74, 6) is -0.112. The molecule has 0 saturated carbocycles. The normalized spacial score (nSPS) is 17.7. The van der Waals surface area contributed by atoms with Crippen LogP contribution in [0.1, 0.15) is 52.0 Å². The minimum absolute atomic E-state index is 0.0249. The van der Waals surface area contributed by atoms with Gasteiger partial charge in [0.05, 0.1) is 20.3 Å². The Labute approximate surface area is 215 Å². The van der Waals surface area contributed by atoms with Gasteiger partial charge in [0.15, 0.2) is 0 Å². The van der Waals surface area contributed by atoms with Crippen LogP contribution < -0.4 is 24.2 Å². The van der Waals surface area contributed by atoms with Crippen molar-refractivity contribution in [2.24, 2.45) is 0 Å². The van der Waals surface area contributed by atoms with Crippen LogP contribution >= 0.6 is 11.9 Å². The highest BCUT2D eigenvalue weighted by Crippen LogP contribution is 2.40. The van der Waals surface area contributed by atoms with E-state index in [0.717, 1.165) is 5.57 Å². The van der Waals surface area contributed by atoms with Crippen molar-refractivity contribution < 1.29 is 32.3 Å². The highest BCUT2D eigenvalue weighted by molar-refractivity contribution is 8.13. The van der Waals surface area contributed by atoms with E-state index < -0.39 is 21.3 Å². The van der Waals surface area contributed by atoms with Gasteiger partial charge in [-0.2, -0.15) is 0 Å². The lowest BCUT2D eigenvalue weighted by atomic mass is 9.93. The molecule has 0 spiro atoms. The van der Waals surface area contributed by atoms with Gasteiger partial charge in [-0.25, -0.2) is 17.9 Å². The van der Waals surface area contributed by atoms with Crippen LogP contribution in [0.3, 0.4) is 0 Å². The van der Waals surface area contributed by atoms with E-state index in [1.165, 1.54) is 24.1 Å². The molecule has 2 aliphatic heterocycles. The molecule has 1 aromatic rings. The summed E-state index contributed by atoms with van der Waals surface area (Å²) in [7, 11) is -2.94. The fourth-order valence-electron chi connectivity index (χ4n) is 4.08. The van der Waals surface area contributed by atoms with E-state index in [1.807, 2.05) is 32.4 Å². The Kier molecular flexibility index (Phi) is 8.90. The number of methoxy groups -OCH3 is 1. The lowest BCUT2D eigenvalue weighted by Gasteiger charge is -2.28. The monoisotopic (exact) mass is 540 g/mol. The predicted molar refractivity (Wildman–Crippen MR) is 136 cm³/mol. The van der Waals surface area contributed by atoms with Crippen LogP contribution in [0.25, 0.3) is 0 Å². The number of imide groups is 1. The number of carbonyl (C=O) groups is 3. The maximum absolute atomic E-state index is 13.0. The Morgan fingerprint density at radius 2 is 2.03 bits per heavy atom. The smallest absolute Gasteiger partial charge is 0.324 e. The van der Waals surface area contributed by atoms with Crippen molar-refractivity contribution >= 4 is 39.1 Å². The standard InChI is InChI=1S/C23H32N4O7S2/c1-6-16-14(4)12-27(21(16)28)22(29)24-11-15-7-8-34-18-10-19(33-5)20(9-17(15)18)36(31,32)26-23(30)35-25-13(2)3/h9-10,13,15,25H,6-8,11-12H2,1-5H3,(H,24,29)(H,26,30). The molecular formula is C23H32N4O7S2. The van der Waals surface area contributed by atoms with Crippen LogP contribution in [0.4, 0.5) is 9.59 Å². The van der Waals surface area contributed by atoms with E-state index >= 15 is 0 Å². The fourth-order valence-corrected chi connectivity index (χ4v) is 5.94. The summed E-state index contributed by atoms with van der Waals surface area (Å²) in [6.07, 6.45) is 1.08. The maximum atomic E-state index is 13.0. The third kappa shape index (κ3) is 6.13. The second-order valence-corrected chi connectivity index (χ2v) is 11.3. The van der Waals surface area contributed by atoms with Gasteiger partial charge < -0.3 is 14.8 Å². The van der Waals surface area contributed by atoms with E-state index in [9.17, 15) is 22.8 Å². The molecule has 11 nitrogen and oxygen atoms in total. The SMILES string of the molecule is CCC1=C(C)CN(C(=O)NCC2CCOc3cc(OC)c(S(=O)(=O)NC(=O)SNC(C)C)cc32)C1=O. The Morgan fingerprint density at radius 1 is 1.31 bits per heavy atom. The van der Waals surface area contributed by atoms with E-state index in [2.05, 4.69) is 10.0 Å². The zero-order chi connectivity index (χ0) is 26.6. The van der Waals surface area contributed by atoms with Crippen LogP contribution in [0.5, 0.6) is 11.5 Å². The van der Waals surface area contributed by atoms with Gasteiger partial charge in [0, 0.05) is 47.7 Å². The molecule has 0 aliphatic carbocycles. The van der Waals surface area contributed by atoms with Crippen LogP contribution in [0.15, 0.2) is 28.2 Å². The second-order valence-electron chi connectivity index (χ2n) is 8.83. The lowest BCUT2D eigenvalue weighted by Crippen LogP contribution is -2.43. The molecule has 36 heavy (non-hydrogen) atoms. The molecule has 2 aliphatic rings. The topological polar surface area (TPSA) is 143 Å². The molecule has 0 bridgehead atoms. The molecule has 2 heterocycles. The third-order valence-corrected chi connectivity index (χ3v) is 8.22. The van der Waals surface area contributed by atoms with Crippen molar-refractivity contribution in [3.05, 3.63) is 28.8 Å². The Bertz CT molecular complexity index is 1180. The Hall–Kier alpha value is -2.77. The number of urea groups is 1. The van der Waals surface area contributed by atoms with E-state index in [4.69, 9.17) is 9.47 Å². The van der Waals surface area contributed by atoms with Crippen molar-refractivity contribution in [3.63, 3.8) is 0 Å². The summed E-state index contributed by atoms with van der Waals surface area (Å²) in [6.45, 7) is 8.14. The predicted octanol–water partition coefficient (Wildman–Crippen LogP) is 2.88. The molecule has 3 rings (SSSR count). The van der Waals surface area contributed by atoms with Crippen LogP contribution in [0, 0.1) is 0 Å². The number of rotatable bonds is 8. The van der Waals surface area contributed by atoms with E-state index in [-0.39, 0.29) is 41.6 Å². The number of ether oxygens (including phenoxy) is 2. The summed E-state index contributed by atoms with van der Waals surface area (Å²) < 4.78 is 41.8. The average molecular weight is 541 g/mol. The van der Waals surface area contributed by atoms with Crippen molar-refractivity contribution in [3.8, 4) is 11.5 Å². The molecule has 0 fully saturated rings. The van der Waals surface area contributed by atoms with Crippen LogP contribution in [-0.4, -0.2) is 63.3 Å². The number of nitrogens with one attached hydrogen (secondary N) is 3. The molecule has 13 heteroatoms. The van der Waals surface area contributed by atoms with Crippen molar-refractivity contribution in [1.29, 1.82) is 0 Å². The zero-order valence-electron chi connectivity index (χ0n) is 21.0. The number of sulfonamides is 1. The first kappa shape index (κ1) is 27.8. The van der Waals surface area contributed by atoms with E-state index in [0.29, 0.717) is 48.3 Å². The van der Waals surface area contributed by atoms with Gasteiger partial charge in [0.1, 0.15) is 16.4 Å². The highest BCUT2D eigenvalue weighted by Gasteiger charge is 2.33. The maximum Gasteiger partial charge on any atom is 0.324 e. The number of hydrogen-bond acceptors (Lipinski definition) is 9. The highest BCUT2D eigenvalue weighted by atomic mass is 32.2. The molecule has 1 aromatic carbocycles. The minimum atomic E-state index is -4.26. The number of nitrogens with zero attached hydrogens (tertiary/aromatic N) is 1. The molecule has 0 saturated heterocycles. The van der Waals surface area contributed by atoms with Crippen LogP contribution in [0.2, 0.25) is 0 Å². The van der Waals surface area contributed by atoms with Gasteiger partial charge in [0.25, 0.3) is 15.9 Å². The molecular weight excluding hydrogens is 508 g/mol. The number of benzene rings is 1. The van der Waals surface area contributed by atoms with Gasteiger partial charge in [0.2, 0.25) is 0 Å². The average Bonchev–Trinajstić information content (AvgIpc) is 3.12. The first-order chi connectivity index (χ1) is 17.0. The largest absolute Gasteiger partial charge is 0.495 e. The van der Waals surface area contributed by atoms with Gasteiger partial charge in [-0.15, -0.1) is 0 Å². The minimum Gasteiger partial charge on any atom is -0.495 e. The fraction of sp³-hybridized carbons (Fsp3) is 0.522. The quantitative estimate of drug-likeness (QED) is 0.424. The molecule has 198 valence electrons. The molecule has 3 N–H and O–H groups in total. The first-order valence-electron chi connectivity index (χ1n) is 11.6. The molecule has 1 atom stereocenters. The second kappa shape index (κ2) is 11.5. The lowest BCUT2D eigenvalue weighted by molar-refractivity contribution is -0.123. The van der Waals surface area contributed by atoms with Crippen molar-refractivity contribution in [2.45, 2.75) is 57.4 Å². The van der Waals surface area contributed by atoms with Crippen molar-refractivity contribution in [2.75, 3.05) is 26.8 Å². The number of carbonyl (C=O) groups excluding carboxylic acids is 3. The Morgan fingerprint density at radius 3 is 2.64 bits per heavy atom. The summed E-state index contributed by atoms with van der Waals surface area (Å²) in [5.41, 5.74) is 2.08. The molecule has 0 radical (unpaired) electrons. The zero-order valence-corrected chi connectivity index (χ0v) is 22.6. The van der Waals surface area contributed by atoms with Gasteiger partial charge in [-0.05, 0) is 45.3 Å². The summed E-state index contributed by atoms with van der Waals surface area (Å²) in [6, 6.07) is 2.34. The van der Waals surface area contributed by atoms with Gasteiger partial charge >= 0.3 is 11.3 Å². The summed E-state index contributed by atoms with van der Waals surface area (Å²) in [5, 5.41) is 2.02. The molecule has 1 unspecified atom stereocenters. The number of hydrogen-bond donors (Lipinski definition) is 3. The molecule has 0 aromatic heterocycles. The summed E-state index contributed by atoms with van der Waals surface area (Å²) in [4.78, 5) is 38.3. The van der Waals surface area contributed by atoms with Crippen LogP contribution in [-0.2, 0) is 14.8 Å². The molecule has 4 amide bonds. The van der Waals surface area contributed by atoms with Crippen molar-refractivity contribution in [1.82, 2.24) is 19.7 Å².